The molecule has 0 atom stereocenters. The number of carboxylic acids is 1. The van der Waals surface area contributed by atoms with Gasteiger partial charge in [-0.1, -0.05) is 6.07 Å². The lowest BCUT2D eigenvalue weighted by Gasteiger charge is -1.97. The predicted molar refractivity (Wildman–Crippen MR) is 38.3 cm³/mol. The molecule has 0 aliphatic carbocycles. The van der Waals surface area contributed by atoms with Crippen molar-refractivity contribution >= 4 is 23.1 Å². The predicted octanol–water partition coefficient (Wildman–Crippen LogP) is 0.0708. The van der Waals surface area contributed by atoms with Crippen LogP contribution in [0.2, 0.25) is 0 Å². The molecule has 3 nitrogen and oxygen atoms in total. The summed E-state index contributed by atoms with van der Waals surface area (Å²) in [6.45, 7) is 0. The fraction of sp³-hybridized carbons (Fsp3) is 0.143. The molecule has 1 aromatic heterocycles. The minimum absolute atomic E-state index is 0.389. The molecule has 0 N–H and O–H groups in total. The molecule has 0 amide bonds. The molecule has 0 radical (unpaired) electrons. The normalized spacial score (nSPS) is 9.45. The van der Waals surface area contributed by atoms with E-state index in [4.69, 9.17) is 0 Å². The van der Waals surface area contributed by atoms with Gasteiger partial charge in [-0.05, 0) is 11.4 Å². The first kappa shape index (κ1) is 7.94. The number of hydrogen-bond acceptors (Lipinski definition) is 4. The molecule has 0 saturated carbocycles. The molecule has 0 fully saturated rings. The number of thiophene rings is 1. The highest BCUT2D eigenvalue weighted by atomic mass is 32.1. The first-order valence-corrected chi connectivity index (χ1v) is 3.84. The van der Waals surface area contributed by atoms with Crippen LogP contribution in [0.15, 0.2) is 17.5 Å². The van der Waals surface area contributed by atoms with Gasteiger partial charge in [-0.15, -0.1) is 11.3 Å². The lowest BCUT2D eigenvalue weighted by atomic mass is 10.2. The Balaban J connectivity index is 2.64. The second kappa shape index (κ2) is 3.30. The summed E-state index contributed by atoms with van der Waals surface area (Å²) in [5, 5.41) is 11.7. The molecule has 58 valence electrons. The number of aliphatic carboxylic acids is 1. The first-order valence-electron chi connectivity index (χ1n) is 2.96. The second-order valence-corrected chi connectivity index (χ2v) is 2.90. The molecular weight excluding hydrogens is 164 g/mol. The summed E-state index contributed by atoms with van der Waals surface area (Å²) in [4.78, 5) is 21.4. The maximum Gasteiger partial charge on any atom is 0.178 e. The summed E-state index contributed by atoms with van der Waals surface area (Å²) in [7, 11) is 0. The minimum atomic E-state index is -1.33. The third kappa shape index (κ3) is 2.16. The van der Waals surface area contributed by atoms with Gasteiger partial charge in [0.1, 0.15) is 0 Å². The van der Waals surface area contributed by atoms with E-state index in [2.05, 4.69) is 0 Å². The van der Waals surface area contributed by atoms with Crippen LogP contribution in [0.3, 0.4) is 0 Å². The van der Waals surface area contributed by atoms with E-state index in [0.717, 1.165) is 0 Å². The van der Waals surface area contributed by atoms with Crippen molar-refractivity contribution in [3.8, 4) is 0 Å². The minimum Gasteiger partial charge on any atom is -0.550 e. The number of carbonyl (C=O) groups excluding carboxylic acids is 2. The number of hydrogen-bond donors (Lipinski definition) is 0. The highest BCUT2D eigenvalue weighted by molar-refractivity contribution is 7.12. The number of Topliss-reactive ketones (excluding diaryl/α,β-unsaturated/α-hetero) is 1. The van der Waals surface area contributed by atoms with Gasteiger partial charge in [0.15, 0.2) is 5.78 Å². The van der Waals surface area contributed by atoms with E-state index < -0.39 is 12.4 Å². The monoisotopic (exact) mass is 169 g/mol. The van der Waals surface area contributed by atoms with E-state index in [1.807, 2.05) is 0 Å². The average Bonchev–Trinajstić information content (AvgIpc) is 2.35. The zero-order chi connectivity index (χ0) is 8.27. The summed E-state index contributed by atoms with van der Waals surface area (Å²) in [5.74, 6) is -1.72. The molecular formula is C7H5O3S-. The van der Waals surface area contributed by atoms with Crippen LogP contribution in [0.4, 0.5) is 0 Å². The topological polar surface area (TPSA) is 57.2 Å². The van der Waals surface area contributed by atoms with Crippen molar-refractivity contribution < 1.29 is 14.7 Å². The van der Waals surface area contributed by atoms with Crippen molar-refractivity contribution in [2.24, 2.45) is 0 Å². The van der Waals surface area contributed by atoms with Gasteiger partial charge in [0.2, 0.25) is 0 Å². The smallest absolute Gasteiger partial charge is 0.178 e. The van der Waals surface area contributed by atoms with E-state index in [1.54, 1.807) is 17.5 Å². The van der Waals surface area contributed by atoms with Gasteiger partial charge in [-0.3, -0.25) is 4.79 Å². The summed E-state index contributed by atoms with van der Waals surface area (Å²) >= 11 is 1.23. The van der Waals surface area contributed by atoms with Crippen molar-refractivity contribution in [1.82, 2.24) is 0 Å². The Morgan fingerprint density at radius 1 is 1.55 bits per heavy atom. The second-order valence-electron chi connectivity index (χ2n) is 1.95. The molecule has 4 heteroatoms. The zero-order valence-electron chi connectivity index (χ0n) is 5.57. The van der Waals surface area contributed by atoms with Gasteiger partial charge in [0.05, 0.1) is 11.3 Å². The van der Waals surface area contributed by atoms with Crippen molar-refractivity contribution in [2.75, 3.05) is 0 Å². The lowest BCUT2D eigenvalue weighted by Crippen LogP contribution is -2.24. The van der Waals surface area contributed by atoms with E-state index in [1.165, 1.54) is 11.3 Å². The molecule has 0 saturated heterocycles. The van der Waals surface area contributed by atoms with Crippen LogP contribution < -0.4 is 5.11 Å². The molecule has 0 spiro atoms. The van der Waals surface area contributed by atoms with Gasteiger partial charge in [0.25, 0.3) is 0 Å². The Kier molecular flexibility index (Phi) is 2.38. The maximum atomic E-state index is 10.9. The number of rotatable bonds is 3. The van der Waals surface area contributed by atoms with Crippen LogP contribution in [-0.4, -0.2) is 11.8 Å². The standard InChI is InChI=1S/C7H6O3S/c8-5(4-7(9)10)6-2-1-3-11-6/h1-3H,4H2,(H,9,10)/p-1. The largest absolute Gasteiger partial charge is 0.550 e. The van der Waals surface area contributed by atoms with E-state index in [9.17, 15) is 14.7 Å². The Bertz CT molecular complexity index is 263. The molecule has 0 aromatic carbocycles. The quantitative estimate of drug-likeness (QED) is 0.475. The Morgan fingerprint density at radius 3 is 2.73 bits per heavy atom. The number of carbonyl (C=O) groups is 2. The molecule has 0 unspecified atom stereocenters. The fourth-order valence-electron chi connectivity index (χ4n) is 0.655. The van der Waals surface area contributed by atoms with Crippen LogP contribution in [0.1, 0.15) is 16.1 Å². The van der Waals surface area contributed by atoms with Crippen molar-refractivity contribution in [3.63, 3.8) is 0 Å². The summed E-state index contributed by atoms with van der Waals surface area (Å²) in [6.07, 6.45) is -0.527. The zero-order valence-corrected chi connectivity index (χ0v) is 6.39. The van der Waals surface area contributed by atoms with Crippen LogP contribution in [-0.2, 0) is 4.79 Å². The average molecular weight is 169 g/mol. The van der Waals surface area contributed by atoms with Gasteiger partial charge in [-0.25, -0.2) is 0 Å². The third-order valence-electron chi connectivity index (χ3n) is 1.10. The lowest BCUT2D eigenvalue weighted by molar-refractivity contribution is -0.304. The highest BCUT2D eigenvalue weighted by Crippen LogP contribution is 2.10. The Hall–Kier alpha value is -1.16. The van der Waals surface area contributed by atoms with Gasteiger partial charge in [-0.2, -0.15) is 0 Å². The van der Waals surface area contributed by atoms with Crippen molar-refractivity contribution in [2.45, 2.75) is 6.42 Å². The molecule has 0 bridgehead atoms. The summed E-state index contributed by atoms with van der Waals surface area (Å²) < 4.78 is 0. The van der Waals surface area contributed by atoms with Crippen molar-refractivity contribution in [3.05, 3.63) is 22.4 Å². The maximum absolute atomic E-state index is 10.9. The van der Waals surface area contributed by atoms with Gasteiger partial charge in [0, 0.05) is 5.97 Å². The third-order valence-corrected chi connectivity index (χ3v) is 2.01. The van der Waals surface area contributed by atoms with Crippen molar-refractivity contribution in [1.29, 1.82) is 0 Å². The highest BCUT2D eigenvalue weighted by Gasteiger charge is 2.05. The van der Waals surface area contributed by atoms with Gasteiger partial charge >= 0.3 is 0 Å². The number of ketones is 1. The molecule has 1 rings (SSSR count). The van der Waals surface area contributed by atoms with Crippen LogP contribution in [0.5, 0.6) is 0 Å². The van der Waals surface area contributed by atoms with Gasteiger partial charge < -0.3 is 9.90 Å². The molecule has 0 aliphatic rings. The van der Waals surface area contributed by atoms with Crippen LogP contribution >= 0.6 is 11.3 Å². The van der Waals surface area contributed by atoms with E-state index in [0.29, 0.717) is 4.88 Å². The summed E-state index contributed by atoms with van der Waals surface area (Å²) in [5.41, 5.74) is 0. The molecule has 11 heavy (non-hydrogen) atoms. The van der Waals surface area contributed by atoms with E-state index in [-0.39, 0.29) is 5.78 Å². The fourth-order valence-corrected chi connectivity index (χ4v) is 1.32. The summed E-state index contributed by atoms with van der Waals surface area (Å²) in [6, 6.07) is 3.29. The van der Waals surface area contributed by atoms with E-state index >= 15 is 0 Å². The molecule has 1 aromatic rings. The number of carboxylic acid groups (broad SMARTS) is 1. The first-order chi connectivity index (χ1) is 5.20. The molecule has 0 aliphatic heterocycles. The SMILES string of the molecule is O=C([O-])CC(=O)c1cccs1. The molecule has 1 heterocycles. The Morgan fingerprint density at radius 2 is 2.27 bits per heavy atom. The van der Waals surface area contributed by atoms with Crippen LogP contribution in [0, 0.1) is 0 Å². The Labute approximate surface area is 67.3 Å². The van der Waals surface area contributed by atoms with Crippen LogP contribution in [0.25, 0.3) is 0 Å².